The van der Waals surface area contributed by atoms with Crippen LogP contribution in [0.1, 0.15) is 97.3 Å². The topological polar surface area (TPSA) is 60.8 Å². The number of allylic oxidation sites excluding steroid dienone is 2. The maximum Gasteiger partial charge on any atom is 0.222 e. The second-order valence-electron chi connectivity index (χ2n) is 10.8. The Morgan fingerprint density at radius 3 is 2.75 bits per heavy atom. The average Bonchev–Trinajstić information content (AvgIpc) is 3.30. The molecule has 4 nitrogen and oxygen atoms in total. The van der Waals surface area contributed by atoms with E-state index in [1.165, 1.54) is 31.3 Å². The van der Waals surface area contributed by atoms with Gasteiger partial charge in [0.1, 0.15) is 0 Å². The molecular formula is C28H47NO3. The van der Waals surface area contributed by atoms with Crippen LogP contribution in [0.3, 0.4) is 0 Å². The van der Waals surface area contributed by atoms with E-state index in [1.807, 2.05) is 6.08 Å². The van der Waals surface area contributed by atoms with Crippen molar-refractivity contribution in [1.29, 1.82) is 0 Å². The minimum Gasteiger partial charge on any atom is -0.392 e. The Kier molecular flexibility index (Phi) is 10.3. The van der Waals surface area contributed by atoms with Gasteiger partial charge in [0, 0.05) is 25.4 Å². The summed E-state index contributed by atoms with van der Waals surface area (Å²) in [6.07, 6.45) is 19.6. The molecule has 0 bridgehead atoms. The molecule has 0 spiro atoms. The lowest BCUT2D eigenvalue weighted by Crippen LogP contribution is -2.35. The molecule has 1 aliphatic heterocycles. The molecule has 2 N–H and O–H groups in total. The predicted octanol–water partition coefficient (Wildman–Crippen LogP) is 5.64. The summed E-state index contributed by atoms with van der Waals surface area (Å²) in [4.78, 5) is 14.4. The summed E-state index contributed by atoms with van der Waals surface area (Å²) >= 11 is 0. The molecule has 0 radical (unpaired) electrons. The van der Waals surface area contributed by atoms with E-state index in [0.29, 0.717) is 30.1 Å². The summed E-state index contributed by atoms with van der Waals surface area (Å²) in [7, 11) is 0. The molecule has 0 aromatic carbocycles. The number of aliphatic hydroxyl groups excluding tert-OH is 2. The Balaban J connectivity index is 1.38. The van der Waals surface area contributed by atoms with Gasteiger partial charge in [-0.2, -0.15) is 0 Å². The molecule has 0 aromatic heterocycles. The van der Waals surface area contributed by atoms with Crippen LogP contribution in [0.5, 0.6) is 0 Å². The molecule has 1 heterocycles. The van der Waals surface area contributed by atoms with Gasteiger partial charge >= 0.3 is 0 Å². The third kappa shape index (κ3) is 7.45. The number of hydrogen-bond donors (Lipinski definition) is 2. The zero-order valence-electron chi connectivity index (χ0n) is 20.6. The molecule has 0 aromatic rings. The van der Waals surface area contributed by atoms with Crippen LogP contribution in [0.25, 0.3) is 0 Å². The van der Waals surface area contributed by atoms with E-state index in [2.05, 4.69) is 30.9 Å². The van der Waals surface area contributed by atoms with E-state index in [-0.39, 0.29) is 12.0 Å². The SMILES string of the molecule is CCCC[C@@H](C)C[C@H](O)/C=C/[C@@H]1[C@H]2CC(CCCCC(=O)N3CCCCC3)=C[C@H]2C[C@H]1O. The lowest BCUT2D eigenvalue weighted by Gasteiger charge is -2.26. The minimum absolute atomic E-state index is 0.162. The smallest absolute Gasteiger partial charge is 0.222 e. The molecule has 32 heavy (non-hydrogen) atoms. The van der Waals surface area contributed by atoms with Gasteiger partial charge < -0.3 is 15.1 Å². The number of likely N-dealkylation sites (tertiary alicyclic amines) is 1. The molecule has 3 aliphatic rings. The number of rotatable bonds is 12. The average molecular weight is 446 g/mol. The van der Waals surface area contributed by atoms with Crippen LogP contribution in [0.15, 0.2) is 23.8 Å². The second kappa shape index (κ2) is 12.9. The molecule has 3 rings (SSSR count). The van der Waals surface area contributed by atoms with Gasteiger partial charge in [-0.05, 0) is 75.5 Å². The first kappa shape index (κ1) is 25.5. The number of carbonyl (C=O) groups is 1. The Morgan fingerprint density at radius 2 is 2.00 bits per heavy atom. The minimum atomic E-state index is -0.403. The van der Waals surface area contributed by atoms with Crippen molar-refractivity contribution in [3.63, 3.8) is 0 Å². The summed E-state index contributed by atoms with van der Waals surface area (Å²) < 4.78 is 0. The van der Waals surface area contributed by atoms with E-state index in [1.54, 1.807) is 0 Å². The van der Waals surface area contributed by atoms with Crippen LogP contribution in [-0.4, -0.2) is 46.3 Å². The van der Waals surface area contributed by atoms with Crippen molar-refractivity contribution in [2.24, 2.45) is 23.7 Å². The van der Waals surface area contributed by atoms with Gasteiger partial charge in [0.25, 0.3) is 0 Å². The summed E-state index contributed by atoms with van der Waals surface area (Å²) in [6, 6.07) is 0. The van der Waals surface area contributed by atoms with Crippen molar-refractivity contribution in [1.82, 2.24) is 4.90 Å². The fraction of sp³-hybridized carbons (Fsp3) is 0.821. The zero-order chi connectivity index (χ0) is 22.9. The number of carbonyl (C=O) groups excluding carboxylic acids is 1. The van der Waals surface area contributed by atoms with Crippen molar-refractivity contribution >= 4 is 5.91 Å². The zero-order valence-corrected chi connectivity index (χ0v) is 20.6. The Labute approximate surface area is 196 Å². The third-order valence-corrected chi connectivity index (χ3v) is 8.05. The largest absolute Gasteiger partial charge is 0.392 e. The molecule has 2 aliphatic carbocycles. The van der Waals surface area contributed by atoms with Crippen LogP contribution in [0.4, 0.5) is 0 Å². The molecule has 1 saturated heterocycles. The first-order valence-electron chi connectivity index (χ1n) is 13.5. The number of piperidine rings is 1. The Bertz CT molecular complexity index is 637. The second-order valence-corrected chi connectivity index (χ2v) is 10.8. The van der Waals surface area contributed by atoms with Crippen molar-refractivity contribution < 1.29 is 15.0 Å². The first-order chi connectivity index (χ1) is 15.5. The highest BCUT2D eigenvalue weighted by Gasteiger charge is 2.43. The standard InChI is InChI=1S/C28H47NO3/c1-3-4-10-21(2)17-24(30)13-14-25-26-19-22(18-23(26)20-27(25)31)11-6-7-12-28(32)29-15-8-5-9-16-29/h13-14,18,21,23-27,30-31H,3-12,15-17,19-20H2,1-2H3/b14-13+/t21-,23+,24-,25-,26+,27-/m1/s1. The third-order valence-electron chi connectivity index (χ3n) is 8.05. The molecule has 2 fully saturated rings. The van der Waals surface area contributed by atoms with E-state index in [4.69, 9.17) is 0 Å². The molecule has 0 unspecified atom stereocenters. The van der Waals surface area contributed by atoms with Gasteiger partial charge in [-0.25, -0.2) is 0 Å². The monoisotopic (exact) mass is 445 g/mol. The van der Waals surface area contributed by atoms with Crippen LogP contribution in [0.2, 0.25) is 0 Å². The highest BCUT2D eigenvalue weighted by Crippen LogP contribution is 2.48. The van der Waals surface area contributed by atoms with Gasteiger partial charge in [0.05, 0.1) is 12.2 Å². The predicted molar refractivity (Wildman–Crippen MR) is 131 cm³/mol. The number of fused-ring (bicyclic) bond motifs is 1. The van der Waals surface area contributed by atoms with Crippen LogP contribution in [-0.2, 0) is 4.79 Å². The lowest BCUT2D eigenvalue weighted by molar-refractivity contribution is -0.132. The number of unbranched alkanes of at least 4 members (excludes halogenated alkanes) is 2. The van der Waals surface area contributed by atoms with Crippen molar-refractivity contribution in [2.75, 3.05) is 13.1 Å². The fourth-order valence-electron chi connectivity index (χ4n) is 6.14. The molecule has 4 heteroatoms. The van der Waals surface area contributed by atoms with Gasteiger partial charge in [0.15, 0.2) is 0 Å². The highest BCUT2D eigenvalue weighted by atomic mass is 16.3. The normalized spacial score (nSPS) is 29.9. The van der Waals surface area contributed by atoms with Gasteiger partial charge in [-0.1, -0.05) is 56.9 Å². The maximum absolute atomic E-state index is 12.3. The van der Waals surface area contributed by atoms with Gasteiger partial charge in [-0.15, -0.1) is 0 Å². The van der Waals surface area contributed by atoms with E-state index in [9.17, 15) is 15.0 Å². The Morgan fingerprint density at radius 1 is 1.22 bits per heavy atom. The molecule has 182 valence electrons. The fourth-order valence-corrected chi connectivity index (χ4v) is 6.14. The molecule has 6 atom stereocenters. The van der Waals surface area contributed by atoms with E-state index in [0.717, 1.165) is 64.5 Å². The summed E-state index contributed by atoms with van der Waals surface area (Å²) in [6.45, 7) is 6.34. The number of amides is 1. The van der Waals surface area contributed by atoms with Crippen LogP contribution >= 0.6 is 0 Å². The van der Waals surface area contributed by atoms with Crippen molar-refractivity contribution in [3.8, 4) is 0 Å². The highest BCUT2D eigenvalue weighted by molar-refractivity contribution is 5.76. The van der Waals surface area contributed by atoms with E-state index >= 15 is 0 Å². The van der Waals surface area contributed by atoms with Crippen LogP contribution in [0, 0.1) is 23.7 Å². The van der Waals surface area contributed by atoms with Crippen LogP contribution < -0.4 is 0 Å². The molecule has 1 amide bonds. The number of nitrogens with zero attached hydrogens (tertiary/aromatic N) is 1. The Hall–Kier alpha value is -1.13. The number of hydrogen-bond acceptors (Lipinski definition) is 3. The molecular weight excluding hydrogens is 398 g/mol. The van der Waals surface area contributed by atoms with Crippen molar-refractivity contribution in [2.45, 2.75) is 110 Å². The van der Waals surface area contributed by atoms with E-state index < -0.39 is 6.10 Å². The summed E-state index contributed by atoms with van der Waals surface area (Å²) in [5.41, 5.74) is 1.52. The summed E-state index contributed by atoms with van der Waals surface area (Å²) in [5, 5.41) is 21.0. The van der Waals surface area contributed by atoms with Crippen molar-refractivity contribution in [3.05, 3.63) is 23.8 Å². The lowest BCUT2D eigenvalue weighted by atomic mass is 9.88. The number of aliphatic hydroxyl groups is 2. The van der Waals surface area contributed by atoms with Gasteiger partial charge in [0.2, 0.25) is 5.91 Å². The first-order valence-corrected chi connectivity index (χ1v) is 13.5. The summed E-state index contributed by atoms with van der Waals surface area (Å²) in [5.74, 6) is 2.01. The van der Waals surface area contributed by atoms with Gasteiger partial charge in [-0.3, -0.25) is 4.79 Å². The maximum atomic E-state index is 12.3. The quantitative estimate of drug-likeness (QED) is 0.302. The molecule has 1 saturated carbocycles.